The maximum atomic E-state index is 13.0. The number of carbonyl (C=O) groups is 2. The quantitative estimate of drug-likeness (QED) is 0.609. The minimum absolute atomic E-state index is 0.162. The van der Waals surface area contributed by atoms with Crippen molar-refractivity contribution in [1.29, 1.82) is 0 Å². The van der Waals surface area contributed by atoms with Gasteiger partial charge in [-0.3, -0.25) is 14.6 Å². The van der Waals surface area contributed by atoms with E-state index in [1.165, 1.54) is 24.3 Å². The number of pyridine rings is 1. The van der Waals surface area contributed by atoms with E-state index in [0.717, 1.165) is 11.1 Å². The zero-order chi connectivity index (χ0) is 19.9. The Hall–Kier alpha value is -3.05. The fourth-order valence-electron chi connectivity index (χ4n) is 2.84. The molecule has 3 rings (SSSR count). The average molecular weight is 397 g/mol. The first kappa shape index (κ1) is 19.7. The van der Waals surface area contributed by atoms with E-state index in [0.29, 0.717) is 17.0 Å². The van der Waals surface area contributed by atoms with Crippen molar-refractivity contribution in [1.82, 2.24) is 10.3 Å². The number of hydrogen-bond acceptors (Lipinski definition) is 3. The van der Waals surface area contributed by atoms with Crippen LogP contribution < -0.4 is 5.32 Å². The van der Waals surface area contributed by atoms with Crippen molar-refractivity contribution in [2.24, 2.45) is 0 Å². The number of amides is 1. The van der Waals surface area contributed by atoms with Crippen LogP contribution in [0.2, 0.25) is 5.02 Å². The van der Waals surface area contributed by atoms with Crippen molar-refractivity contribution in [2.75, 3.05) is 6.54 Å². The summed E-state index contributed by atoms with van der Waals surface area (Å²) in [7, 11) is 0. The normalized spacial score (nSPS) is 11.6. The number of rotatable bonds is 7. The van der Waals surface area contributed by atoms with E-state index in [-0.39, 0.29) is 18.2 Å². The first-order chi connectivity index (χ1) is 13.5. The highest BCUT2D eigenvalue weighted by molar-refractivity contribution is 6.30. The van der Waals surface area contributed by atoms with Crippen LogP contribution in [0.1, 0.15) is 27.4 Å². The number of benzene rings is 2. The summed E-state index contributed by atoms with van der Waals surface area (Å²) in [6.07, 6.45) is 3.80. The fourth-order valence-corrected chi connectivity index (χ4v) is 2.97. The van der Waals surface area contributed by atoms with Crippen LogP contribution in [-0.4, -0.2) is 23.2 Å². The van der Waals surface area contributed by atoms with Gasteiger partial charge in [-0.05, 0) is 66.1 Å². The van der Waals surface area contributed by atoms with Crippen molar-refractivity contribution < 1.29 is 14.0 Å². The number of aromatic nitrogens is 1. The molecule has 1 atom stereocenters. The Morgan fingerprint density at radius 2 is 1.61 bits per heavy atom. The second-order valence-corrected chi connectivity index (χ2v) is 6.75. The second kappa shape index (κ2) is 9.24. The summed E-state index contributed by atoms with van der Waals surface area (Å²) in [5, 5.41) is 3.28. The van der Waals surface area contributed by atoms with Crippen LogP contribution in [0.25, 0.3) is 0 Å². The Bertz CT molecular complexity index is 945. The Kier molecular flexibility index (Phi) is 6.50. The van der Waals surface area contributed by atoms with Crippen LogP contribution in [0.4, 0.5) is 4.39 Å². The van der Waals surface area contributed by atoms with Crippen molar-refractivity contribution in [2.45, 2.75) is 12.3 Å². The lowest BCUT2D eigenvalue weighted by molar-refractivity contribution is -0.122. The van der Waals surface area contributed by atoms with Crippen LogP contribution >= 0.6 is 11.6 Å². The molecule has 3 aromatic rings. The Morgan fingerprint density at radius 1 is 0.964 bits per heavy atom. The molecule has 0 fully saturated rings. The van der Waals surface area contributed by atoms with E-state index in [1.54, 1.807) is 36.7 Å². The van der Waals surface area contributed by atoms with Gasteiger partial charge in [-0.25, -0.2) is 4.39 Å². The van der Waals surface area contributed by atoms with Crippen LogP contribution in [0.5, 0.6) is 0 Å². The number of hydrogen-bond donors (Lipinski definition) is 1. The third kappa shape index (κ3) is 5.24. The van der Waals surface area contributed by atoms with Crippen molar-refractivity contribution in [3.63, 3.8) is 0 Å². The van der Waals surface area contributed by atoms with Gasteiger partial charge in [0.2, 0.25) is 5.91 Å². The van der Waals surface area contributed by atoms with Crippen LogP contribution in [0, 0.1) is 5.82 Å². The van der Waals surface area contributed by atoms with Gasteiger partial charge in [0.25, 0.3) is 0 Å². The lowest BCUT2D eigenvalue weighted by Crippen LogP contribution is -2.34. The number of Topliss-reactive ketones (excluding diaryl/α,β-unsaturated/α-hetero) is 1. The molecule has 1 aromatic heterocycles. The second-order valence-electron chi connectivity index (χ2n) is 6.31. The number of nitrogens with zero attached hydrogens (tertiary/aromatic N) is 1. The zero-order valence-corrected chi connectivity index (χ0v) is 15.7. The lowest BCUT2D eigenvalue weighted by Gasteiger charge is -2.17. The molecule has 0 saturated heterocycles. The minimum atomic E-state index is -0.485. The lowest BCUT2D eigenvalue weighted by atomic mass is 9.91. The predicted molar refractivity (Wildman–Crippen MR) is 106 cm³/mol. The van der Waals surface area contributed by atoms with Crippen molar-refractivity contribution in [3.05, 3.63) is 101 Å². The summed E-state index contributed by atoms with van der Waals surface area (Å²) in [6.45, 7) is -0.162. The van der Waals surface area contributed by atoms with Crippen molar-refractivity contribution in [3.8, 4) is 0 Å². The molecule has 1 amide bonds. The van der Waals surface area contributed by atoms with Gasteiger partial charge >= 0.3 is 0 Å². The molecule has 2 aromatic carbocycles. The number of carbonyl (C=O) groups excluding carboxylic acids is 2. The topological polar surface area (TPSA) is 59.1 Å². The largest absolute Gasteiger partial charge is 0.348 e. The summed E-state index contributed by atoms with van der Waals surface area (Å²) in [4.78, 5) is 29.1. The van der Waals surface area contributed by atoms with Crippen LogP contribution in [0.3, 0.4) is 0 Å². The highest BCUT2D eigenvalue weighted by Crippen LogP contribution is 2.23. The Labute approximate surface area is 167 Å². The molecule has 0 radical (unpaired) electrons. The molecule has 0 aliphatic carbocycles. The molecule has 0 saturated carbocycles. The molecule has 142 valence electrons. The molecule has 1 heterocycles. The SMILES string of the molecule is O=C(CNC(=O)C(Cc1ccncc1)c1ccc(Cl)cc1)c1ccc(F)cc1. The molecule has 1 unspecified atom stereocenters. The predicted octanol–water partition coefficient (Wildman–Crippen LogP) is 4.20. The van der Waals surface area contributed by atoms with Gasteiger partial charge in [-0.15, -0.1) is 0 Å². The minimum Gasteiger partial charge on any atom is -0.348 e. The van der Waals surface area contributed by atoms with Gasteiger partial charge in [-0.1, -0.05) is 23.7 Å². The molecule has 28 heavy (non-hydrogen) atoms. The smallest absolute Gasteiger partial charge is 0.228 e. The number of ketones is 1. The van der Waals surface area contributed by atoms with Gasteiger partial charge in [0.05, 0.1) is 12.5 Å². The zero-order valence-electron chi connectivity index (χ0n) is 14.9. The Morgan fingerprint density at radius 3 is 2.25 bits per heavy atom. The van der Waals surface area contributed by atoms with Gasteiger partial charge < -0.3 is 5.32 Å². The first-order valence-corrected chi connectivity index (χ1v) is 9.11. The summed E-state index contributed by atoms with van der Waals surface area (Å²) in [6, 6.07) is 16.0. The molecular weight excluding hydrogens is 379 g/mol. The molecule has 6 heteroatoms. The highest BCUT2D eigenvalue weighted by Gasteiger charge is 2.22. The van der Waals surface area contributed by atoms with Gasteiger partial charge in [0.15, 0.2) is 5.78 Å². The van der Waals surface area contributed by atoms with Crippen molar-refractivity contribution >= 4 is 23.3 Å². The molecular formula is C22H18ClFN2O2. The summed E-state index contributed by atoms with van der Waals surface area (Å²) in [5.74, 6) is -1.46. The standard InChI is InChI=1S/C22H18ClFN2O2/c23-18-5-1-16(2-6-18)20(13-15-9-11-25-12-10-15)22(28)26-14-21(27)17-3-7-19(24)8-4-17/h1-12,20H,13-14H2,(H,26,28). The molecule has 0 spiro atoms. The summed E-state index contributed by atoms with van der Waals surface area (Å²) >= 11 is 5.96. The molecule has 0 aliphatic heterocycles. The van der Waals surface area contributed by atoms with E-state index in [4.69, 9.17) is 11.6 Å². The van der Waals surface area contributed by atoms with E-state index in [1.807, 2.05) is 12.1 Å². The first-order valence-electron chi connectivity index (χ1n) is 8.74. The maximum absolute atomic E-state index is 13.0. The maximum Gasteiger partial charge on any atom is 0.228 e. The third-order valence-electron chi connectivity index (χ3n) is 4.37. The van der Waals surface area contributed by atoms with E-state index in [2.05, 4.69) is 10.3 Å². The van der Waals surface area contributed by atoms with Gasteiger partial charge in [0.1, 0.15) is 5.82 Å². The van der Waals surface area contributed by atoms with Crippen LogP contribution in [-0.2, 0) is 11.2 Å². The average Bonchev–Trinajstić information content (AvgIpc) is 2.72. The number of halogens is 2. The third-order valence-corrected chi connectivity index (χ3v) is 4.62. The number of nitrogens with one attached hydrogen (secondary N) is 1. The van der Waals surface area contributed by atoms with Gasteiger partial charge in [-0.2, -0.15) is 0 Å². The summed E-state index contributed by atoms with van der Waals surface area (Å²) < 4.78 is 13.0. The van der Waals surface area contributed by atoms with E-state index < -0.39 is 11.7 Å². The van der Waals surface area contributed by atoms with E-state index >= 15 is 0 Å². The fraction of sp³-hybridized carbons (Fsp3) is 0.136. The molecule has 1 N–H and O–H groups in total. The molecule has 4 nitrogen and oxygen atoms in total. The van der Waals surface area contributed by atoms with E-state index in [9.17, 15) is 14.0 Å². The molecule has 0 bridgehead atoms. The highest BCUT2D eigenvalue weighted by atomic mass is 35.5. The monoisotopic (exact) mass is 396 g/mol. The van der Waals surface area contributed by atoms with Crippen LogP contribution in [0.15, 0.2) is 73.1 Å². The summed E-state index contributed by atoms with van der Waals surface area (Å²) in [5.41, 5.74) is 2.10. The molecule has 0 aliphatic rings. The Balaban J connectivity index is 1.73. The van der Waals surface area contributed by atoms with Gasteiger partial charge in [0, 0.05) is 23.0 Å².